The maximum atomic E-state index is 10.4. The van der Waals surface area contributed by atoms with Crippen molar-refractivity contribution in [3.05, 3.63) is 0 Å². The molecule has 0 fully saturated rings. The van der Waals surface area contributed by atoms with Gasteiger partial charge < -0.3 is 0 Å². The Bertz CT molecular complexity index is 321. The van der Waals surface area contributed by atoms with Crippen molar-refractivity contribution in [3.63, 3.8) is 0 Å². The summed E-state index contributed by atoms with van der Waals surface area (Å²) in [4.78, 5) is 0. The molecule has 0 aromatic heterocycles. The molecule has 0 aromatic carbocycles. The zero-order chi connectivity index (χ0) is 11.4. The highest BCUT2D eigenvalue weighted by Crippen LogP contribution is 2.40. The fourth-order valence-corrected chi connectivity index (χ4v) is 3.68. The first kappa shape index (κ1) is 13.5. The van der Waals surface area contributed by atoms with Gasteiger partial charge in [-0.25, -0.2) is 0 Å². The molecule has 5 nitrogen and oxygen atoms in total. The molecule has 0 saturated heterocycles. The van der Waals surface area contributed by atoms with Crippen molar-refractivity contribution in [2.75, 3.05) is 11.5 Å². The second-order valence-corrected chi connectivity index (χ2v) is 8.36. The molecule has 0 amide bonds. The van der Waals surface area contributed by atoms with Crippen LogP contribution < -0.4 is 5.43 Å². The molecule has 88 valence electrons. The van der Waals surface area contributed by atoms with Gasteiger partial charge in [-0.05, 0) is 18.6 Å². The van der Waals surface area contributed by atoms with Crippen molar-refractivity contribution < 1.29 is 13.0 Å². The van der Waals surface area contributed by atoms with E-state index in [9.17, 15) is 8.42 Å². The SMILES string of the molecule is O=S(=O)(O)CCCCSC1(S)NN=CS1. The van der Waals surface area contributed by atoms with Gasteiger partial charge in [-0.15, -0.1) is 24.4 Å². The van der Waals surface area contributed by atoms with Gasteiger partial charge in [-0.1, -0.05) is 11.8 Å². The highest BCUT2D eigenvalue weighted by Gasteiger charge is 2.28. The standard InChI is InChI=1S/C6H12N2O3S4/c9-15(10,11)4-2-1-3-13-6(12)8-7-5-14-6/h5,8,12H,1-4H2,(H,9,10,11). The minimum atomic E-state index is -3.81. The fraction of sp³-hybridized carbons (Fsp3) is 0.833. The van der Waals surface area contributed by atoms with Gasteiger partial charge in [0.15, 0.2) is 3.54 Å². The molecule has 1 atom stereocenters. The second-order valence-electron chi connectivity index (χ2n) is 2.89. The summed E-state index contributed by atoms with van der Waals surface area (Å²) in [7, 11) is -3.81. The summed E-state index contributed by atoms with van der Waals surface area (Å²) in [5, 5.41) is 3.83. The molecule has 0 radical (unpaired) electrons. The van der Waals surface area contributed by atoms with Gasteiger partial charge in [0.05, 0.1) is 11.3 Å². The smallest absolute Gasteiger partial charge is 0.264 e. The number of thiol groups is 1. The van der Waals surface area contributed by atoms with Crippen LogP contribution in [0, 0.1) is 0 Å². The molecule has 15 heavy (non-hydrogen) atoms. The van der Waals surface area contributed by atoms with Crippen LogP contribution in [0.4, 0.5) is 0 Å². The van der Waals surface area contributed by atoms with E-state index in [0.29, 0.717) is 6.42 Å². The monoisotopic (exact) mass is 288 g/mol. The van der Waals surface area contributed by atoms with Gasteiger partial charge >= 0.3 is 0 Å². The van der Waals surface area contributed by atoms with E-state index in [-0.39, 0.29) is 5.75 Å². The molecule has 0 aliphatic carbocycles. The summed E-state index contributed by atoms with van der Waals surface area (Å²) in [5.41, 5.74) is 4.51. The second kappa shape index (κ2) is 5.67. The van der Waals surface area contributed by atoms with Crippen LogP contribution in [0.2, 0.25) is 0 Å². The van der Waals surface area contributed by atoms with E-state index in [0.717, 1.165) is 12.2 Å². The Hall–Kier alpha value is 0.430. The largest absolute Gasteiger partial charge is 0.286 e. The molecule has 1 unspecified atom stereocenters. The molecule has 0 spiro atoms. The van der Waals surface area contributed by atoms with Crippen LogP contribution in [0.5, 0.6) is 0 Å². The lowest BCUT2D eigenvalue weighted by Gasteiger charge is -2.19. The third kappa shape index (κ3) is 5.91. The molecular weight excluding hydrogens is 276 g/mol. The number of hydrogen-bond donors (Lipinski definition) is 3. The summed E-state index contributed by atoms with van der Waals surface area (Å²) in [6.07, 6.45) is 1.18. The predicted octanol–water partition coefficient (Wildman–Crippen LogP) is 1.21. The zero-order valence-corrected chi connectivity index (χ0v) is 11.1. The molecule has 1 heterocycles. The van der Waals surface area contributed by atoms with E-state index in [1.807, 2.05) is 0 Å². The molecule has 1 aliphatic rings. The van der Waals surface area contributed by atoms with Gasteiger partial charge in [0, 0.05) is 0 Å². The first-order valence-corrected chi connectivity index (χ1v) is 8.11. The topological polar surface area (TPSA) is 78.8 Å². The Morgan fingerprint density at radius 2 is 2.33 bits per heavy atom. The number of thioether (sulfide) groups is 2. The van der Waals surface area contributed by atoms with Crippen LogP contribution in [0.1, 0.15) is 12.8 Å². The number of hydrazone groups is 1. The van der Waals surface area contributed by atoms with Crippen molar-refractivity contribution in [2.45, 2.75) is 16.4 Å². The predicted molar refractivity (Wildman–Crippen MR) is 69.0 cm³/mol. The van der Waals surface area contributed by atoms with Crippen molar-refractivity contribution in [1.29, 1.82) is 0 Å². The maximum Gasteiger partial charge on any atom is 0.264 e. The summed E-state index contributed by atoms with van der Waals surface area (Å²) < 4.78 is 28.9. The summed E-state index contributed by atoms with van der Waals surface area (Å²) in [5.74, 6) is 0.590. The Balaban J connectivity index is 2.07. The minimum absolute atomic E-state index is 0.176. The van der Waals surface area contributed by atoms with Crippen LogP contribution in [0.25, 0.3) is 0 Å². The Morgan fingerprint density at radius 3 is 2.87 bits per heavy atom. The van der Waals surface area contributed by atoms with Crippen LogP contribution in [0.15, 0.2) is 5.10 Å². The van der Waals surface area contributed by atoms with Crippen molar-refractivity contribution in [3.8, 4) is 0 Å². The number of unbranched alkanes of at least 4 members (excludes halogenated alkanes) is 1. The Labute approximate surface area is 103 Å². The summed E-state index contributed by atoms with van der Waals surface area (Å²) in [6, 6.07) is 0. The zero-order valence-electron chi connectivity index (χ0n) is 7.79. The molecule has 1 rings (SSSR count). The van der Waals surface area contributed by atoms with Crippen LogP contribution in [-0.4, -0.2) is 33.6 Å². The third-order valence-corrected chi connectivity index (χ3v) is 5.41. The normalized spacial score (nSPS) is 25.5. The summed E-state index contributed by atoms with van der Waals surface area (Å²) >= 11 is 7.38. The van der Waals surface area contributed by atoms with Gasteiger partial charge in [0.1, 0.15) is 0 Å². The summed E-state index contributed by atoms with van der Waals surface area (Å²) in [6.45, 7) is 0. The lowest BCUT2D eigenvalue weighted by atomic mass is 10.4. The van der Waals surface area contributed by atoms with Gasteiger partial charge in [-0.3, -0.25) is 9.98 Å². The lowest BCUT2D eigenvalue weighted by molar-refractivity contribution is 0.481. The van der Waals surface area contributed by atoms with E-state index < -0.39 is 13.7 Å². The van der Waals surface area contributed by atoms with Gasteiger partial charge in [-0.2, -0.15) is 13.5 Å². The maximum absolute atomic E-state index is 10.4. The number of hydrogen-bond acceptors (Lipinski definition) is 7. The van der Waals surface area contributed by atoms with Crippen LogP contribution in [-0.2, 0) is 10.1 Å². The minimum Gasteiger partial charge on any atom is -0.286 e. The van der Waals surface area contributed by atoms with Crippen LogP contribution >= 0.6 is 36.2 Å². The molecule has 2 N–H and O–H groups in total. The molecule has 0 saturated carbocycles. The van der Waals surface area contributed by atoms with Crippen molar-refractivity contribution >= 4 is 51.8 Å². The molecule has 0 aromatic rings. The van der Waals surface area contributed by atoms with E-state index in [1.54, 1.807) is 17.3 Å². The molecule has 9 heteroatoms. The first-order valence-electron chi connectivity index (χ1n) is 4.19. The van der Waals surface area contributed by atoms with Crippen molar-refractivity contribution in [2.24, 2.45) is 5.10 Å². The Morgan fingerprint density at radius 1 is 1.60 bits per heavy atom. The lowest BCUT2D eigenvalue weighted by Crippen LogP contribution is -2.24. The number of rotatable bonds is 6. The van der Waals surface area contributed by atoms with Crippen molar-refractivity contribution in [1.82, 2.24) is 5.43 Å². The highest BCUT2D eigenvalue weighted by atomic mass is 32.3. The van der Waals surface area contributed by atoms with Gasteiger partial charge in [0.25, 0.3) is 10.1 Å². The van der Waals surface area contributed by atoms with E-state index in [2.05, 4.69) is 23.2 Å². The van der Waals surface area contributed by atoms with Crippen LogP contribution in [0.3, 0.4) is 0 Å². The van der Waals surface area contributed by atoms with E-state index >= 15 is 0 Å². The number of nitrogens with zero attached hydrogens (tertiary/aromatic N) is 1. The first-order chi connectivity index (χ1) is 6.91. The van der Waals surface area contributed by atoms with E-state index in [1.165, 1.54) is 11.8 Å². The third-order valence-electron chi connectivity index (χ3n) is 1.57. The average Bonchev–Trinajstić information content (AvgIpc) is 2.50. The Kier molecular flexibility index (Phi) is 5.10. The highest BCUT2D eigenvalue weighted by molar-refractivity contribution is 8.34. The number of nitrogens with one attached hydrogen (secondary N) is 1. The quantitative estimate of drug-likeness (QED) is 0.295. The molecule has 0 bridgehead atoms. The molecule has 1 aliphatic heterocycles. The molecular formula is C6H12N2O3S4. The van der Waals surface area contributed by atoms with E-state index in [4.69, 9.17) is 4.55 Å². The average molecular weight is 288 g/mol. The fourth-order valence-electron chi connectivity index (χ4n) is 0.895. The van der Waals surface area contributed by atoms with Gasteiger partial charge in [0.2, 0.25) is 0 Å².